The lowest BCUT2D eigenvalue weighted by Gasteiger charge is -2.26. The van der Waals surface area contributed by atoms with Crippen molar-refractivity contribution in [3.05, 3.63) is 90.0 Å². The van der Waals surface area contributed by atoms with Crippen molar-refractivity contribution in [1.82, 2.24) is 0 Å². The van der Waals surface area contributed by atoms with Gasteiger partial charge >= 0.3 is 0 Å². The molecule has 1 amide bonds. The Bertz CT molecular complexity index is 1060. The molecule has 1 atom stereocenters. The molecule has 0 N–H and O–H groups in total. The van der Waals surface area contributed by atoms with Gasteiger partial charge in [0.15, 0.2) is 0 Å². The highest BCUT2D eigenvalue weighted by Crippen LogP contribution is 2.53. The first kappa shape index (κ1) is 19.2. The molecule has 0 radical (unpaired) electrons. The van der Waals surface area contributed by atoms with Gasteiger partial charge in [0.25, 0.3) is 0 Å². The number of rotatable bonds is 6. The molecule has 0 saturated carbocycles. The van der Waals surface area contributed by atoms with Gasteiger partial charge in [-0.1, -0.05) is 48.5 Å². The van der Waals surface area contributed by atoms with Gasteiger partial charge in [-0.2, -0.15) is 0 Å². The molecule has 144 valence electrons. The lowest BCUT2D eigenvalue weighted by atomic mass is 9.96. The summed E-state index contributed by atoms with van der Waals surface area (Å²) in [5, 5.41) is 0. The van der Waals surface area contributed by atoms with Crippen LogP contribution in [-0.2, 0) is 16.1 Å². The maximum absolute atomic E-state index is 13.8. The van der Waals surface area contributed by atoms with Crippen molar-refractivity contribution in [2.75, 3.05) is 12.0 Å². The SMILES string of the molecule is C#CCC1(Sc2ccccc2)C(=O)N(Cc2ccc(OC)cc2)c2ccccc21. The average molecular weight is 400 g/mol. The molecule has 29 heavy (non-hydrogen) atoms. The summed E-state index contributed by atoms with van der Waals surface area (Å²) in [5.41, 5.74) is 2.94. The fraction of sp³-hybridized carbons (Fsp3) is 0.160. The van der Waals surface area contributed by atoms with Crippen molar-refractivity contribution in [3.63, 3.8) is 0 Å². The number of terminal acetylenes is 1. The molecule has 3 aromatic carbocycles. The topological polar surface area (TPSA) is 29.5 Å². The second-order valence-electron chi connectivity index (χ2n) is 6.88. The zero-order chi connectivity index (χ0) is 20.3. The van der Waals surface area contributed by atoms with Gasteiger partial charge in [0.05, 0.1) is 13.7 Å². The van der Waals surface area contributed by atoms with Crippen molar-refractivity contribution in [1.29, 1.82) is 0 Å². The third-order valence-corrected chi connectivity index (χ3v) is 6.50. The van der Waals surface area contributed by atoms with Crippen LogP contribution in [-0.4, -0.2) is 13.0 Å². The minimum Gasteiger partial charge on any atom is -0.497 e. The Labute approximate surface area is 175 Å². The van der Waals surface area contributed by atoms with Gasteiger partial charge in [0.1, 0.15) is 10.5 Å². The Morgan fingerprint density at radius 2 is 1.69 bits per heavy atom. The second-order valence-corrected chi connectivity index (χ2v) is 8.25. The molecule has 0 spiro atoms. The van der Waals surface area contributed by atoms with Gasteiger partial charge in [-0.3, -0.25) is 4.79 Å². The number of ether oxygens (including phenoxy) is 1. The first-order valence-corrected chi connectivity index (χ1v) is 10.2. The molecule has 0 aromatic heterocycles. The molecule has 4 heteroatoms. The fourth-order valence-corrected chi connectivity index (χ4v) is 5.03. The van der Waals surface area contributed by atoms with E-state index in [2.05, 4.69) is 5.92 Å². The van der Waals surface area contributed by atoms with Crippen molar-refractivity contribution in [3.8, 4) is 18.1 Å². The molecule has 0 bridgehead atoms. The van der Waals surface area contributed by atoms with E-state index in [9.17, 15) is 4.79 Å². The third kappa shape index (κ3) is 3.50. The summed E-state index contributed by atoms with van der Waals surface area (Å²) in [6, 6.07) is 25.7. The predicted molar refractivity (Wildman–Crippen MR) is 118 cm³/mol. The fourth-order valence-electron chi connectivity index (χ4n) is 3.70. The molecule has 1 aliphatic heterocycles. The van der Waals surface area contributed by atoms with E-state index in [1.165, 1.54) is 0 Å². The monoisotopic (exact) mass is 399 g/mol. The molecule has 3 nitrogen and oxygen atoms in total. The smallest absolute Gasteiger partial charge is 0.249 e. The molecular weight excluding hydrogens is 378 g/mol. The van der Waals surface area contributed by atoms with E-state index in [1.807, 2.05) is 83.8 Å². The zero-order valence-electron chi connectivity index (χ0n) is 16.2. The van der Waals surface area contributed by atoms with E-state index < -0.39 is 4.75 Å². The first-order valence-electron chi connectivity index (χ1n) is 9.40. The summed E-state index contributed by atoms with van der Waals surface area (Å²) in [4.78, 5) is 16.7. The molecule has 3 aromatic rings. The van der Waals surface area contributed by atoms with Crippen LogP contribution in [0, 0.1) is 12.3 Å². The highest BCUT2D eigenvalue weighted by molar-refractivity contribution is 8.01. The Morgan fingerprint density at radius 1 is 1.00 bits per heavy atom. The van der Waals surface area contributed by atoms with E-state index in [-0.39, 0.29) is 5.91 Å². The standard InChI is InChI=1S/C25H21NO2S/c1-3-17-25(29-21-9-5-4-6-10-21)22-11-7-8-12-23(22)26(24(25)27)18-19-13-15-20(28-2)16-14-19/h1,4-16H,17-18H2,2H3. The van der Waals surface area contributed by atoms with Crippen LogP contribution < -0.4 is 9.64 Å². The molecule has 1 unspecified atom stereocenters. The number of anilines is 1. The normalized spacial score (nSPS) is 17.7. The van der Waals surface area contributed by atoms with Crippen LogP contribution >= 0.6 is 11.8 Å². The van der Waals surface area contributed by atoms with Gasteiger partial charge < -0.3 is 9.64 Å². The molecular formula is C25H21NO2S. The number of para-hydroxylation sites is 1. The number of carbonyl (C=O) groups is 1. The largest absolute Gasteiger partial charge is 0.497 e. The Balaban J connectivity index is 1.75. The van der Waals surface area contributed by atoms with Crippen LogP contribution in [0.4, 0.5) is 5.69 Å². The summed E-state index contributed by atoms with van der Waals surface area (Å²) < 4.78 is 4.42. The van der Waals surface area contributed by atoms with Crippen LogP contribution in [0.1, 0.15) is 17.5 Å². The van der Waals surface area contributed by atoms with Crippen molar-refractivity contribution < 1.29 is 9.53 Å². The first-order chi connectivity index (χ1) is 14.2. The van der Waals surface area contributed by atoms with Crippen LogP contribution in [0.3, 0.4) is 0 Å². The minimum atomic E-state index is -0.820. The number of thioether (sulfide) groups is 1. The number of hydrogen-bond donors (Lipinski definition) is 0. The van der Waals surface area contributed by atoms with Crippen LogP contribution in [0.25, 0.3) is 0 Å². The predicted octanol–water partition coefficient (Wildman–Crippen LogP) is 5.25. The van der Waals surface area contributed by atoms with Crippen LogP contribution in [0.2, 0.25) is 0 Å². The zero-order valence-corrected chi connectivity index (χ0v) is 17.0. The van der Waals surface area contributed by atoms with E-state index in [1.54, 1.807) is 18.9 Å². The maximum Gasteiger partial charge on any atom is 0.249 e. The second kappa shape index (κ2) is 8.06. The van der Waals surface area contributed by atoms with Crippen molar-refractivity contribution in [2.24, 2.45) is 0 Å². The summed E-state index contributed by atoms with van der Waals surface area (Å²) in [6.07, 6.45) is 6.08. The van der Waals surface area contributed by atoms with Crippen molar-refractivity contribution >= 4 is 23.4 Å². The summed E-state index contributed by atoms with van der Waals surface area (Å²) in [6.45, 7) is 0.488. The Morgan fingerprint density at radius 3 is 2.38 bits per heavy atom. The van der Waals surface area contributed by atoms with Crippen molar-refractivity contribution in [2.45, 2.75) is 22.6 Å². The highest BCUT2D eigenvalue weighted by atomic mass is 32.2. The molecule has 4 rings (SSSR count). The Kier molecular flexibility index (Phi) is 5.33. The number of carbonyl (C=O) groups excluding carboxylic acids is 1. The average Bonchev–Trinajstić information content (AvgIpc) is 2.98. The lowest BCUT2D eigenvalue weighted by Crippen LogP contribution is -2.37. The maximum atomic E-state index is 13.8. The molecule has 1 heterocycles. The number of nitrogens with zero attached hydrogens (tertiary/aromatic N) is 1. The molecule has 1 aliphatic rings. The number of hydrogen-bond acceptors (Lipinski definition) is 3. The van der Waals surface area contributed by atoms with E-state index >= 15 is 0 Å². The highest BCUT2D eigenvalue weighted by Gasteiger charge is 2.51. The number of methoxy groups -OCH3 is 1. The number of fused-ring (bicyclic) bond motifs is 1. The molecule has 0 aliphatic carbocycles. The van der Waals surface area contributed by atoms with Gasteiger partial charge in [-0.15, -0.1) is 24.1 Å². The van der Waals surface area contributed by atoms with Crippen LogP contribution in [0.5, 0.6) is 5.75 Å². The lowest BCUT2D eigenvalue weighted by molar-refractivity contribution is -0.120. The minimum absolute atomic E-state index is 0.0290. The van der Waals surface area contributed by atoms with Gasteiger partial charge in [0, 0.05) is 22.6 Å². The third-order valence-electron chi connectivity index (χ3n) is 5.11. The number of benzene rings is 3. The van der Waals surface area contributed by atoms with E-state index in [0.29, 0.717) is 13.0 Å². The van der Waals surface area contributed by atoms with E-state index in [4.69, 9.17) is 11.2 Å². The summed E-state index contributed by atoms with van der Waals surface area (Å²) >= 11 is 1.54. The number of amides is 1. The quantitative estimate of drug-likeness (QED) is 0.530. The summed E-state index contributed by atoms with van der Waals surface area (Å²) in [7, 11) is 1.64. The summed E-state index contributed by atoms with van der Waals surface area (Å²) in [5.74, 6) is 3.58. The molecule has 0 saturated heterocycles. The van der Waals surface area contributed by atoms with Gasteiger partial charge in [0.2, 0.25) is 5.91 Å². The Hall–Kier alpha value is -3.16. The van der Waals surface area contributed by atoms with Gasteiger partial charge in [-0.05, 0) is 35.9 Å². The van der Waals surface area contributed by atoms with Gasteiger partial charge in [-0.25, -0.2) is 0 Å². The van der Waals surface area contributed by atoms with E-state index in [0.717, 1.165) is 27.5 Å². The van der Waals surface area contributed by atoms with Crippen LogP contribution in [0.15, 0.2) is 83.8 Å². The molecule has 0 fully saturated rings.